The summed E-state index contributed by atoms with van der Waals surface area (Å²) < 4.78 is 4.23. The molecule has 112 valence electrons. The molecule has 1 aliphatic heterocycles. The SMILES string of the molecule is Cc1nsc(N2CCN(C[C@@H](O)c3ccccc3)CC2)n1. The number of rotatable bonds is 4. The van der Waals surface area contributed by atoms with Crippen molar-refractivity contribution < 1.29 is 5.11 Å². The van der Waals surface area contributed by atoms with Crippen molar-refractivity contribution >= 4 is 16.7 Å². The van der Waals surface area contributed by atoms with Gasteiger partial charge in [-0.2, -0.15) is 4.37 Å². The van der Waals surface area contributed by atoms with Gasteiger partial charge < -0.3 is 10.0 Å². The van der Waals surface area contributed by atoms with Gasteiger partial charge in [-0.25, -0.2) is 4.98 Å². The number of hydrogen-bond acceptors (Lipinski definition) is 6. The van der Waals surface area contributed by atoms with Crippen molar-refractivity contribution in [2.45, 2.75) is 13.0 Å². The molecular formula is C15H20N4OS. The predicted octanol–water partition coefficient (Wildman–Crippen LogP) is 1.70. The van der Waals surface area contributed by atoms with Crippen LogP contribution in [-0.4, -0.2) is 52.1 Å². The van der Waals surface area contributed by atoms with Crippen LogP contribution in [0.1, 0.15) is 17.5 Å². The third-order valence-electron chi connectivity index (χ3n) is 3.78. The normalized spacial score (nSPS) is 17.9. The zero-order valence-corrected chi connectivity index (χ0v) is 13.0. The Morgan fingerprint density at radius 3 is 2.52 bits per heavy atom. The Labute approximate surface area is 129 Å². The topological polar surface area (TPSA) is 52.5 Å². The second-order valence-electron chi connectivity index (χ2n) is 5.34. The van der Waals surface area contributed by atoms with Crippen LogP contribution in [0.25, 0.3) is 0 Å². The first-order valence-electron chi connectivity index (χ1n) is 7.23. The van der Waals surface area contributed by atoms with Crippen LogP contribution >= 0.6 is 11.5 Å². The zero-order chi connectivity index (χ0) is 14.7. The Morgan fingerprint density at radius 2 is 1.90 bits per heavy atom. The Bertz CT molecular complexity index is 566. The molecule has 21 heavy (non-hydrogen) atoms. The summed E-state index contributed by atoms with van der Waals surface area (Å²) in [5.74, 6) is 0.844. The largest absolute Gasteiger partial charge is 0.387 e. The van der Waals surface area contributed by atoms with Crippen molar-refractivity contribution in [2.24, 2.45) is 0 Å². The number of β-amino-alcohol motifs (C(OH)–C–C–N with tert-alkyl or cyclic N) is 1. The highest BCUT2D eigenvalue weighted by Crippen LogP contribution is 2.20. The molecule has 1 fully saturated rings. The maximum absolute atomic E-state index is 10.3. The molecule has 0 aliphatic carbocycles. The number of piperazine rings is 1. The van der Waals surface area contributed by atoms with E-state index in [0.717, 1.165) is 42.7 Å². The average Bonchev–Trinajstić information content (AvgIpc) is 2.95. The maximum atomic E-state index is 10.3. The van der Waals surface area contributed by atoms with E-state index in [1.54, 1.807) is 0 Å². The summed E-state index contributed by atoms with van der Waals surface area (Å²) in [6.45, 7) is 6.39. The lowest BCUT2D eigenvalue weighted by atomic mass is 10.1. The third kappa shape index (κ3) is 3.58. The summed E-state index contributed by atoms with van der Waals surface area (Å²) in [5.41, 5.74) is 0.986. The highest BCUT2D eigenvalue weighted by atomic mass is 32.1. The van der Waals surface area contributed by atoms with E-state index in [4.69, 9.17) is 0 Å². The van der Waals surface area contributed by atoms with Crippen molar-refractivity contribution in [3.8, 4) is 0 Å². The summed E-state index contributed by atoms with van der Waals surface area (Å²) >= 11 is 1.46. The van der Waals surface area contributed by atoms with Crippen LogP contribution in [0.2, 0.25) is 0 Å². The summed E-state index contributed by atoms with van der Waals surface area (Å²) in [5, 5.41) is 11.3. The first kappa shape index (κ1) is 14.4. The number of benzene rings is 1. The van der Waals surface area contributed by atoms with Gasteiger partial charge in [0.05, 0.1) is 6.10 Å². The highest BCUT2D eigenvalue weighted by molar-refractivity contribution is 7.09. The van der Waals surface area contributed by atoms with Crippen molar-refractivity contribution in [1.82, 2.24) is 14.3 Å². The van der Waals surface area contributed by atoms with E-state index < -0.39 is 6.10 Å². The van der Waals surface area contributed by atoms with Gasteiger partial charge in [-0.05, 0) is 12.5 Å². The minimum atomic E-state index is -0.415. The molecule has 2 aromatic rings. The molecular weight excluding hydrogens is 284 g/mol. The average molecular weight is 304 g/mol. The second-order valence-corrected chi connectivity index (χ2v) is 6.07. The molecule has 6 heteroatoms. The number of aliphatic hydroxyl groups is 1. The number of anilines is 1. The van der Waals surface area contributed by atoms with Gasteiger partial charge in [0.1, 0.15) is 5.82 Å². The second kappa shape index (κ2) is 6.51. The van der Waals surface area contributed by atoms with E-state index >= 15 is 0 Å². The molecule has 1 atom stereocenters. The lowest BCUT2D eigenvalue weighted by Gasteiger charge is -2.35. The van der Waals surface area contributed by atoms with Crippen LogP contribution in [0.4, 0.5) is 5.13 Å². The molecule has 0 unspecified atom stereocenters. The minimum absolute atomic E-state index is 0.415. The molecule has 1 aliphatic rings. The van der Waals surface area contributed by atoms with Crippen molar-refractivity contribution in [2.75, 3.05) is 37.6 Å². The van der Waals surface area contributed by atoms with Gasteiger partial charge >= 0.3 is 0 Å². The molecule has 3 rings (SSSR count). The number of aliphatic hydroxyl groups excluding tert-OH is 1. The molecule has 5 nitrogen and oxygen atoms in total. The van der Waals surface area contributed by atoms with E-state index in [9.17, 15) is 5.11 Å². The fraction of sp³-hybridized carbons (Fsp3) is 0.467. The van der Waals surface area contributed by atoms with E-state index in [2.05, 4.69) is 19.2 Å². The lowest BCUT2D eigenvalue weighted by Crippen LogP contribution is -2.47. The molecule has 0 bridgehead atoms. The van der Waals surface area contributed by atoms with Crippen molar-refractivity contribution in [3.05, 3.63) is 41.7 Å². The highest BCUT2D eigenvalue weighted by Gasteiger charge is 2.21. The van der Waals surface area contributed by atoms with E-state index in [1.807, 2.05) is 37.3 Å². The molecule has 1 aromatic carbocycles. The fourth-order valence-corrected chi connectivity index (χ4v) is 3.29. The molecule has 2 heterocycles. The third-order valence-corrected chi connectivity index (χ3v) is 4.64. The van der Waals surface area contributed by atoms with Crippen LogP contribution in [-0.2, 0) is 0 Å². The molecule has 0 spiro atoms. The number of nitrogens with zero attached hydrogens (tertiary/aromatic N) is 4. The molecule has 0 amide bonds. The standard InChI is InChI=1S/C15H20N4OS/c1-12-16-15(21-17-12)19-9-7-18(8-10-19)11-14(20)13-5-3-2-4-6-13/h2-6,14,20H,7-11H2,1H3/t14-/m1/s1. The van der Waals surface area contributed by atoms with Gasteiger partial charge in [-0.1, -0.05) is 30.3 Å². The molecule has 0 radical (unpaired) electrons. The first-order chi connectivity index (χ1) is 10.2. The van der Waals surface area contributed by atoms with E-state index in [1.165, 1.54) is 11.5 Å². The summed E-state index contributed by atoms with van der Waals surface area (Å²) in [6, 6.07) is 9.86. The summed E-state index contributed by atoms with van der Waals surface area (Å²) in [7, 11) is 0. The minimum Gasteiger partial charge on any atom is -0.387 e. The number of hydrogen-bond donors (Lipinski definition) is 1. The maximum Gasteiger partial charge on any atom is 0.205 e. The fourth-order valence-electron chi connectivity index (χ4n) is 2.56. The molecule has 1 saturated heterocycles. The number of aryl methyl sites for hydroxylation is 1. The van der Waals surface area contributed by atoms with E-state index in [0.29, 0.717) is 6.54 Å². The summed E-state index contributed by atoms with van der Waals surface area (Å²) in [4.78, 5) is 9.01. The Balaban J connectivity index is 1.52. The molecule has 1 aromatic heterocycles. The van der Waals surface area contributed by atoms with Crippen LogP contribution in [0.3, 0.4) is 0 Å². The summed E-state index contributed by atoms with van der Waals surface area (Å²) in [6.07, 6.45) is -0.415. The van der Waals surface area contributed by atoms with Gasteiger partial charge in [0.2, 0.25) is 5.13 Å². The Hall–Kier alpha value is -1.50. The monoisotopic (exact) mass is 304 g/mol. The van der Waals surface area contributed by atoms with Gasteiger partial charge in [0.15, 0.2) is 0 Å². The van der Waals surface area contributed by atoms with E-state index in [-0.39, 0.29) is 0 Å². The van der Waals surface area contributed by atoms with Crippen LogP contribution in [0.15, 0.2) is 30.3 Å². The van der Waals surface area contributed by atoms with Crippen molar-refractivity contribution in [1.29, 1.82) is 0 Å². The predicted molar refractivity (Wildman–Crippen MR) is 84.7 cm³/mol. The number of aromatic nitrogens is 2. The smallest absolute Gasteiger partial charge is 0.205 e. The molecule has 1 N–H and O–H groups in total. The quantitative estimate of drug-likeness (QED) is 0.932. The van der Waals surface area contributed by atoms with Crippen LogP contribution in [0, 0.1) is 6.92 Å². The van der Waals surface area contributed by atoms with Gasteiger partial charge in [-0.15, -0.1) is 0 Å². The lowest BCUT2D eigenvalue weighted by molar-refractivity contribution is 0.109. The van der Waals surface area contributed by atoms with Gasteiger partial charge in [0.25, 0.3) is 0 Å². The van der Waals surface area contributed by atoms with Crippen LogP contribution < -0.4 is 4.90 Å². The zero-order valence-electron chi connectivity index (χ0n) is 12.1. The van der Waals surface area contributed by atoms with Crippen molar-refractivity contribution in [3.63, 3.8) is 0 Å². The van der Waals surface area contributed by atoms with Gasteiger partial charge in [-0.3, -0.25) is 4.90 Å². The molecule has 0 saturated carbocycles. The Kier molecular flexibility index (Phi) is 4.48. The van der Waals surface area contributed by atoms with Gasteiger partial charge in [0, 0.05) is 44.3 Å². The Morgan fingerprint density at radius 1 is 1.19 bits per heavy atom. The first-order valence-corrected chi connectivity index (χ1v) is 8.00. The van der Waals surface area contributed by atoms with Crippen LogP contribution in [0.5, 0.6) is 0 Å².